The third-order valence-corrected chi connectivity index (χ3v) is 5.48. The van der Waals surface area contributed by atoms with Crippen LogP contribution in [0, 0.1) is 5.82 Å². The molecular weight excluding hydrogens is 405 g/mol. The van der Waals surface area contributed by atoms with Gasteiger partial charge in [-0.25, -0.2) is 4.39 Å². The molecular formula is C26H32FN3O2. The molecule has 0 aliphatic rings. The summed E-state index contributed by atoms with van der Waals surface area (Å²) in [5, 5.41) is 4.58. The van der Waals surface area contributed by atoms with E-state index in [2.05, 4.69) is 17.2 Å². The summed E-state index contributed by atoms with van der Waals surface area (Å²) in [7, 11) is 1.66. The van der Waals surface area contributed by atoms with Crippen molar-refractivity contribution in [2.45, 2.75) is 52.1 Å². The van der Waals surface area contributed by atoms with Crippen molar-refractivity contribution >= 4 is 22.5 Å². The first kappa shape index (κ1) is 23.5. The van der Waals surface area contributed by atoms with Gasteiger partial charge in [-0.1, -0.05) is 25.1 Å². The number of aromatic nitrogens is 1. The molecule has 0 bridgehead atoms. The smallest absolute Gasteiger partial charge is 0.222 e. The third-order valence-electron chi connectivity index (χ3n) is 5.48. The molecule has 1 amide bonds. The Hall–Kier alpha value is -3.15. The van der Waals surface area contributed by atoms with Gasteiger partial charge in [-0.2, -0.15) is 0 Å². The van der Waals surface area contributed by atoms with Crippen molar-refractivity contribution in [1.29, 1.82) is 0 Å². The van der Waals surface area contributed by atoms with Crippen molar-refractivity contribution in [3.05, 3.63) is 66.1 Å². The predicted octanol–water partition coefficient (Wildman–Crippen LogP) is 5.79. The highest BCUT2D eigenvalue weighted by molar-refractivity contribution is 5.91. The average Bonchev–Trinajstić information content (AvgIpc) is 2.79. The Morgan fingerprint density at radius 1 is 1.22 bits per heavy atom. The Balaban J connectivity index is 1.61. The van der Waals surface area contributed by atoms with Crippen LogP contribution in [0.25, 0.3) is 10.9 Å². The van der Waals surface area contributed by atoms with Crippen LogP contribution in [-0.4, -0.2) is 35.5 Å². The van der Waals surface area contributed by atoms with Crippen molar-refractivity contribution in [2.24, 2.45) is 0 Å². The molecule has 0 radical (unpaired) electrons. The van der Waals surface area contributed by atoms with Gasteiger partial charge in [0, 0.05) is 43.2 Å². The molecule has 3 rings (SSSR count). The van der Waals surface area contributed by atoms with Gasteiger partial charge in [-0.15, -0.1) is 0 Å². The number of ether oxygens (including phenoxy) is 1. The Kier molecular flexibility index (Phi) is 8.42. The van der Waals surface area contributed by atoms with Crippen LogP contribution >= 0.6 is 0 Å². The number of methoxy groups -OCH3 is 1. The van der Waals surface area contributed by atoms with E-state index >= 15 is 0 Å². The van der Waals surface area contributed by atoms with Crippen molar-refractivity contribution in [3.8, 4) is 5.75 Å². The van der Waals surface area contributed by atoms with Crippen LogP contribution in [0.4, 0.5) is 10.1 Å². The molecule has 0 fully saturated rings. The number of nitrogens with zero attached hydrogens (tertiary/aromatic N) is 2. The molecule has 170 valence electrons. The van der Waals surface area contributed by atoms with E-state index in [1.165, 1.54) is 12.1 Å². The molecule has 0 spiro atoms. The Morgan fingerprint density at radius 3 is 2.72 bits per heavy atom. The van der Waals surface area contributed by atoms with Crippen molar-refractivity contribution in [1.82, 2.24) is 9.88 Å². The lowest BCUT2D eigenvalue weighted by Crippen LogP contribution is -2.32. The average molecular weight is 438 g/mol. The van der Waals surface area contributed by atoms with E-state index in [1.54, 1.807) is 25.4 Å². The number of carbonyl (C=O) groups excluding carboxylic acids is 1. The zero-order valence-electron chi connectivity index (χ0n) is 19.1. The molecule has 1 unspecified atom stereocenters. The maximum atomic E-state index is 13.2. The minimum absolute atomic E-state index is 0.139. The number of nitrogens with one attached hydrogen (secondary N) is 1. The second kappa shape index (κ2) is 11.5. The standard InChI is InChI=1S/C26H32FN3O2/c1-4-7-25(31)30(18-20-10-12-22(27)13-11-20)15-6-8-19(2)29-24-17-23(32-3)16-21-9-5-14-28-26(21)24/h5,9-14,16-17,19,29H,4,6-8,15,18H2,1-3H3. The molecule has 0 saturated heterocycles. The number of pyridine rings is 1. The maximum Gasteiger partial charge on any atom is 0.222 e. The number of anilines is 1. The van der Waals surface area contributed by atoms with Gasteiger partial charge in [0.15, 0.2) is 0 Å². The monoisotopic (exact) mass is 437 g/mol. The lowest BCUT2D eigenvalue weighted by molar-refractivity contribution is -0.131. The first-order chi connectivity index (χ1) is 15.5. The van der Waals surface area contributed by atoms with E-state index in [-0.39, 0.29) is 17.8 Å². The molecule has 1 aromatic heterocycles. The van der Waals surface area contributed by atoms with Crippen molar-refractivity contribution < 1.29 is 13.9 Å². The number of hydrogen-bond acceptors (Lipinski definition) is 4. The summed E-state index contributed by atoms with van der Waals surface area (Å²) < 4.78 is 18.7. The van der Waals surface area contributed by atoms with Crippen LogP contribution in [0.1, 0.15) is 45.1 Å². The van der Waals surface area contributed by atoms with Crippen LogP contribution in [0.5, 0.6) is 5.75 Å². The highest BCUT2D eigenvalue weighted by atomic mass is 19.1. The highest BCUT2D eigenvalue weighted by Gasteiger charge is 2.15. The van der Waals surface area contributed by atoms with Crippen LogP contribution in [-0.2, 0) is 11.3 Å². The first-order valence-electron chi connectivity index (χ1n) is 11.2. The molecule has 32 heavy (non-hydrogen) atoms. The molecule has 1 atom stereocenters. The van der Waals surface area contributed by atoms with E-state index < -0.39 is 0 Å². The zero-order valence-corrected chi connectivity index (χ0v) is 19.1. The SMILES string of the molecule is CCCC(=O)N(CCCC(C)Nc1cc(OC)cc2cccnc12)Cc1ccc(F)cc1. The minimum Gasteiger partial charge on any atom is -0.497 e. The Bertz CT molecular complexity index is 1020. The van der Waals surface area contributed by atoms with Gasteiger partial charge in [0.2, 0.25) is 5.91 Å². The molecule has 2 aromatic carbocycles. The lowest BCUT2D eigenvalue weighted by Gasteiger charge is -2.24. The molecule has 0 aliphatic heterocycles. The maximum absolute atomic E-state index is 13.2. The summed E-state index contributed by atoms with van der Waals surface area (Å²) in [5.74, 6) is 0.663. The summed E-state index contributed by atoms with van der Waals surface area (Å²) >= 11 is 0. The van der Waals surface area contributed by atoms with Crippen LogP contribution in [0.15, 0.2) is 54.7 Å². The van der Waals surface area contributed by atoms with E-state index in [0.717, 1.165) is 47.2 Å². The fraction of sp³-hybridized carbons (Fsp3) is 0.385. The summed E-state index contributed by atoms with van der Waals surface area (Å²) in [5.41, 5.74) is 2.80. The minimum atomic E-state index is -0.264. The number of halogens is 1. The molecule has 3 aromatic rings. The number of amides is 1. The number of rotatable bonds is 11. The normalized spacial score (nSPS) is 11.9. The summed E-state index contributed by atoms with van der Waals surface area (Å²) in [6.07, 6.45) is 4.88. The summed E-state index contributed by atoms with van der Waals surface area (Å²) in [6, 6.07) is 14.4. The van der Waals surface area contributed by atoms with E-state index in [0.29, 0.717) is 19.5 Å². The van der Waals surface area contributed by atoms with Gasteiger partial charge in [-0.05, 0) is 56.0 Å². The summed E-state index contributed by atoms with van der Waals surface area (Å²) in [6.45, 7) is 5.31. The van der Waals surface area contributed by atoms with Crippen molar-refractivity contribution in [3.63, 3.8) is 0 Å². The van der Waals surface area contributed by atoms with Gasteiger partial charge in [0.25, 0.3) is 0 Å². The lowest BCUT2D eigenvalue weighted by atomic mass is 10.1. The van der Waals surface area contributed by atoms with E-state index in [1.807, 2.05) is 36.1 Å². The quantitative estimate of drug-likeness (QED) is 0.412. The fourth-order valence-electron chi connectivity index (χ4n) is 3.79. The van der Waals surface area contributed by atoms with Crippen LogP contribution < -0.4 is 10.1 Å². The molecule has 0 saturated carbocycles. The number of carbonyl (C=O) groups is 1. The van der Waals surface area contributed by atoms with Gasteiger partial charge in [0.05, 0.1) is 18.3 Å². The third kappa shape index (κ3) is 6.42. The molecule has 0 aliphatic carbocycles. The van der Waals surface area contributed by atoms with Crippen molar-refractivity contribution in [2.75, 3.05) is 19.0 Å². The van der Waals surface area contributed by atoms with E-state index in [9.17, 15) is 9.18 Å². The van der Waals surface area contributed by atoms with Gasteiger partial charge >= 0.3 is 0 Å². The van der Waals surface area contributed by atoms with Crippen LogP contribution in [0.2, 0.25) is 0 Å². The fourth-order valence-corrected chi connectivity index (χ4v) is 3.79. The van der Waals surface area contributed by atoms with Gasteiger partial charge in [-0.3, -0.25) is 9.78 Å². The molecule has 6 heteroatoms. The summed E-state index contributed by atoms with van der Waals surface area (Å²) in [4.78, 5) is 19.0. The van der Waals surface area contributed by atoms with Crippen LogP contribution in [0.3, 0.4) is 0 Å². The first-order valence-corrected chi connectivity index (χ1v) is 11.2. The Labute approximate surface area is 189 Å². The largest absolute Gasteiger partial charge is 0.497 e. The molecule has 5 nitrogen and oxygen atoms in total. The zero-order chi connectivity index (χ0) is 22.9. The molecule has 1 heterocycles. The second-order valence-corrected chi connectivity index (χ2v) is 8.13. The van der Waals surface area contributed by atoms with E-state index in [4.69, 9.17) is 4.74 Å². The Morgan fingerprint density at radius 2 is 2.00 bits per heavy atom. The topological polar surface area (TPSA) is 54.5 Å². The second-order valence-electron chi connectivity index (χ2n) is 8.13. The van der Waals surface area contributed by atoms with Gasteiger partial charge in [0.1, 0.15) is 11.6 Å². The van der Waals surface area contributed by atoms with Gasteiger partial charge < -0.3 is 15.0 Å². The number of hydrogen-bond donors (Lipinski definition) is 1. The number of benzene rings is 2. The highest BCUT2D eigenvalue weighted by Crippen LogP contribution is 2.28. The molecule has 1 N–H and O–H groups in total. The number of fused-ring (bicyclic) bond motifs is 1. The predicted molar refractivity (Wildman–Crippen MR) is 127 cm³/mol.